The van der Waals surface area contributed by atoms with Gasteiger partial charge in [-0.3, -0.25) is 4.57 Å². The molecule has 0 aliphatic rings. The van der Waals surface area contributed by atoms with Crippen LogP contribution in [0.25, 0.3) is 27.9 Å². The van der Waals surface area contributed by atoms with Gasteiger partial charge in [0.25, 0.3) is 0 Å². The number of hydrogen-bond acceptors (Lipinski definition) is 5. The van der Waals surface area contributed by atoms with E-state index >= 15 is 0 Å². The molecule has 0 radical (unpaired) electrons. The molecule has 6 nitrogen and oxygen atoms in total. The van der Waals surface area contributed by atoms with Crippen LogP contribution in [0, 0.1) is 0 Å². The van der Waals surface area contributed by atoms with Gasteiger partial charge in [0.1, 0.15) is 16.9 Å². The van der Waals surface area contributed by atoms with Gasteiger partial charge in [0.05, 0.1) is 17.1 Å². The van der Waals surface area contributed by atoms with Crippen molar-refractivity contribution in [3.8, 4) is 5.69 Å². The van der Waals surface area contributed by atoms with Crippen molar-refractivity contribution < 1.29 is 9.53 Å². The largest absolute Gasteiger partial charge is 0.459 e. The minimum Gasteiger partial charge on any atom is -0.459 e. The highest BCUT2D eigenvalue weighted by Crippen LogP contribution is 2.31. The SMILES string of the molecule is CC[C@H](C)OC(=O)c1c(N)n(-c2ccccc2)c2nc3ccccc3nc12. The van der Waals surface area contributed by atoms with Gasteiger partial charge in [-0.2, -0.15) is 0 Å². The van der Waals surface area contributed by atoms with E-state index < -0.39 is 5.97 Å². The van der Waals surface area contributed by atoms with Crippen LogP contribution in [0.2, 0.25) is 0 Å². The molecule has 0 aliphatic carbocycles. The van der Waals surface area contributed by atoms with Crippen molar-refractivity contribution in [2.24, 2.45) is 0 Å². The Bertz CT molecular complexity index is 1140. The summed E-state index contributed by atoms with van der Waals surface area (Å²) >= 11 is 0. The number of anilines is 1. The number of para-hydroxylation sites is 3. The van der Waals surface area contributed by atoms with Gasteiger partial charge in [-0.15, -0.1) is 0 Å². The minimum atomic E-state index is -0.480. The Balaban J connectivity index is 2.03. The molecule has 0 aliphatic heterocycles. The van der Waals surface area contributed by atoms with Crippen LogP contribution in [0.4, 0.5) is 5.82 Å². The van der Waals surface area contributed by atoms with E-state index in [9.17, 15) is 4.79 Å². The molecule has 4 rings (SSSR count). The molecular formula is C21H20N4O2. The van der Waals surface area contributed by atoms with Crippen LogP contribution in [0.1, 0.15) is 30.6 Å². The highest BCUT2D eigenvalue weighted by Gasteiger charge is 2.26. The van der Waals surface area contributed by atoms with Gasteiger partial charge in [-0.25, -0.2) is 14.8 Å². The van der Waals surface area contributed by atoms with Crippen molar-refractivity contribution in [1.82, 2.24) is 14.5 Å². The van der Waals surface area contributed by atoms with E-state index in [1.165, 1.54) is 0 Å². The van der Waals surface area contributed by atoms with E-state index in [1.807, 2.05) is 68.4 Å². The van der Waals surface area contributed by atoms with E-state index in [1.54, 1.807) is 4.57 Å². The highest BCUT2D eigenvalue weighted by molar-refractivity contribution is 6.09. The summed E-state index contributed by atoms with van der Waals surface area (Å²) in [5.74, 6) is -0.203. The van der Waals surface area contributed by atoms with Gasteiger partial charge in [-0.1, -0.05) is 37.3 Å². The number of benzene rings is 2. The quantitative estimate of drug-likeness (QED) is 0.554. The van der Waals surface area contributed by atoms with E-state index in [0.29, 0.717) is 16.7 Å². The van der Waals surface area contributed by atoms with E-state index in [4.69, 9.17) is 15.5 Å². The molecular weight excluding hydrogens is 340 g/mol. The number of esters is 1. The number of carbonyl (C=O) groups is 1. The van der Waals surface area contributed by atoms with Crippen LogP contribution in [0.5, 0.6) is 0 Å². The van der Waals surface area contributed by atoms with Crippen LogP contribution >= 0.6 is 0 Å². The zero-order valence-corrected chi connectivity index (χ0v) is 15.2. The lowest BCUT2D eigenvalue weighted by molar-refractivity contribution is 0.0338. The van der Waals surface area contributed by atoms with Gasteiger partial charge in [0, 0.05) is 5.69 Å². The molecule has 2 aromatic carbocycles. The third-order valence-corrected chi connectivity index (χ3v) is 4.60. The fraction of sp³-hybridized carbons (Fsp3) is 0.190. The van der Waals surface area contributed by atoms with Crippen LogP contribution in [-0.4, -0.2) is 26.6 Å². The molecule has 2 aromatic heterocycles. The average Bonchev–Trinajstić information content (AvgIpc) is 2.97. The first kappa shape index (κ1) is 17.0. The number of hydrogen-bond donors (Lipinski definition) is 1. The van der Waals surface area contributed by atoms with Crippen molar-refractivity contribution in [2.75, 3.05) is 5.73 Å². The maximum Gasteiger partial charge on any atom is 0.344 e. The summed E-state index contributed by atoms with van der Waals surface area (Å²) in [4.78, 5) is 22.3. The maximum atomic E-state index is 12.8. The second-order valence-electron chi connectivity index (χ2n) is 6.44. The Labute approximate surface area is 156 Å². The number of nitrogens with two attached hydrogens (primary N) is 1. The summed E-state index contributed by atoms with van der Waals surface area (Å²) in [5.41, 5.74) is 9.90. The summed E-state index contributed by atoms with van der Waals surface area (Å²) in [7, 11) is 0. The molecule has 0 bridgehead atoms. The number of nitrogen functional groups attached to an aromatic ring is 1. The number of rotatable bonds is 4. The molecule has 0 unspecified atom stereocenters. The molecule has 2 N–H and O–H groups in total. The summed E-state index contributed by atoms with van der Waals surface area (Å²) in [6.07, 6.45) is 0.512. The van der Waals surface area contributed by atoms with Crippen molar-refractivity contribution in [3.63, 3.8) is 0 Å². The minimum absolute atomic E-state index is 0.208. The lowest BCUT2D eigenvalue weighted by atomic mass is 10.2. The Morgan fingerprint density at radius 1 is 1.07 bits per heavy atom. The number of fused-ring (bicyclic) bond motifs is 2. The molecule has 136 valence electrons. The second kappa shape index (κ2) is 6.72. The Morgan fingerprint density at radius 3 is 2.37 bits per heavy atom. The predicted molar refractivity (Wildman–Crippen MR) is 106 cm³/mol. The Kier molecular flexibility index (Phi) is 4.24. The molecule has 1 atom stereocenters. The number of ether oxygens (including phenoxy) is 1. The van der Waals surface area contributed by atoms with E-state index in [0.717, 1.165) is 17.6 Å². The topological polar surface area (TPSA) is 83.0 Å². The van der Waals surface area contributed by atoms with Crippen molar-refractivity contribution in [1.29, 1.82) is 0 Å². The maximum absolute atomic E-state index is 12.8. The fourth-order valence-electron chi connectivity index (χ4n) is 3.03. The van der Waals surface area contributed by atoms with Crippen molar-refractivity contribution >= 4 is 34.0 Å². The van der Waals surface area contributed by atoms with Gasteiger partial charge in [0.2, 0.25) is 0 Å². The van der Waals surface area contributed by atoms with Gasteiger partial charge in [0.15, 0.2) is 5.65 Å². The average molecular weight is 360 g/mol. The lowest BCUT2D eigenvalue weighted by Gasteiger charge is -2.11. The Morgan fingerprint density at radius 2 is 1.70 bits per heavy atom. The van der Waals surface area contributed by atoms with Crippen molar-refractivity contribution in [3.05, 3.63) is 60.2 Å². The first-order valence-corrected chi connectivity index (χ1v) is 8.93. The second-order valence-corrected chi connectivity index (χ2v) is 6.44. The molecule has 27 heavy (non-hydrogen) atoms. The normalized spacial score (nSPS) is 12.4. The fourth-order valence-corrected chi connectivity index (χ4v) is 3.03. The molecule has 4 aromatic rings. The lowest BCUT2D eigenvalue weighted by Crippen LogP contribution is -2.15. The number of aromatic nitrogens is 3. The van der Waals surface area contributed by atoms with Crippen LogP contribution < -0.4 is 5.73 Å². The first-order valence-electron chi connectivity index (χ1n) is 8.93. The Hall–Kier alpha value is -3.41. The summed E-state index contributed by atoms with van der Waals surface area (Å²) < 4.78 is 7.29. The monoisotopic (exact) mass is 360 g/mol. The van der Waals surface area contributed by atoms with E-state index in [-0.39, 0.29) is 17.5 Å². The molecule has 0 saturated carbocycles. The van der Waals surface area contributed by atoms with Crippen LogP contribution in [0.3, 0.4) is 0 Å². The molecule has 0 spiro atoms. The smallest absolute Gasteiger partial charge is 0.344 e. The third kappa shape index (κ3) is 2.89. The van der Waals surface area contributed by atoms with Gasteiger partial charge >= 0.3 is 5.97 Å². The predicted octanol–water partition coefficient (Wildman–Crippen LogP) is 4.11. The highest BCUT2D eigenvalue weighted by atomic mass is 16.5. The first-order chi connectivity index (χ1) is 13.1. The van der Waals surface area contributed by atoms with Crippen molar-refractivity contribution in [2.45, 2.75) is 26.4 Å². The number of carbonyl (C=O) groups excluding carboxylic acids is 1. The summed E-state index contributed by atoms with van der Waals surface area (Å²) in [5, 5.41) is 0. The zero-order chi connectivity index (χ0) is 19.0. The molecule has 0 amide bonds. The summed E-state index contributed by atoms with van der Waals surface area (Å²) in [6, 6.07) is 17.1. The molecule has 2 heterocycles. The standard InChI is InChI=1S/C21H20N4O2/c1-3-13(2)27-21(26)17-18-20(24-16-12-8-7-11-15(16)23-18)25(19(17)22)14-9-5-4-6-10-14/h4-13H,3,22H2,1-2H3/t13-/m0/s1. The van der Waals surface area contributed by atoms with E-state index in [2.05, 4.69) is 4.98 Å². The summed E-state index contributed by atoms with van der Waals surface area (Å²) in [6.45, 7) is 3.81. The molecule has 0 fully saturated rings. The molecule has 6 heteroatoms. The third-order valence-electron chi connectivity index (χ3n) is 4.60. The molecule has 0 saturated heterocycles. The zero-order valence-electron chi connectivity index (χ0n) is 15.2. The van der Waals surface area contributed by atoms with Crippen LogP contribution in [0.15, 0.2) is 54.6 Å². The number of nitrogens with zero attached hydrogens (tertiary/aromatic N) is 3. The van der Waals surface area contributed by atoms with Gasteiger partial charge in [-0.05, 0) is 37.6 Å². The van der Waals surface area contributed by atoms with Gasteiger partial charge < -0.3 is 10.5 Å². The van der Waals surface area contributed by atoms with Crippen LogP contribution in [-0.2, 0) is 4.74 Å².